The quantitative estimate of drug-likeness (QED) is 0.711. The van der Waals surface area contributed by atoms with E-state index in [2.05, 4.69) is 6.92 Å². The van der Waals surface area contributed by atoms with Crippen LogP contribution in [0.25, 0.3) is 0 Å². The summed E-state index contributed by atoms with van der Waals surface area (Å²) in [5.41, 5.74) is 0. The number of amides is 1. The summed E-state index contributed by atoms with van der Waals surface area (Å²) >= 11 is 0. The molecule has 1 saturated heterocycles. The van der Waals surface area contributed by atoms with E-state index in [9.17, 15) is 4.79 Å². The van der Waals surface area contributed by atoms with Gasteiger partial charge in [0.15, 0.2) is 0 Å². The van der Waals surface area contributed by atoms with Crippen molar-refractivity contribution < 1.29 is 9.90 Å². The molecule has 1 aliphatic rings. The van der Waals surface area contributed by atoms with Gasteiger partial charge in [-0.1, -0.05) is 39.0 Å². The maximum atomic E-state index is 10.5. The van der Waals surface area contributed by atoms with Crippen molar-refractivity contribution in [1.29, 1.82) is 0 Å². The van der Waals surface area contributed by atoms with Crippen LogP contribution in [0.15, 0.2) is 0 Å². The smallest absolute Gasteiger partial charge is 0.222 e. The Hall–Kier alpha value is -0.570. The fourth-order valence-corrected chi connectivity index (χ4v) is 1.68. The van der Waals surface area contributed by atoms with Crippen molar-refractivity contribution in [2.75, 3.05) is 20.2 Å². The van der Waals surface area contributed by atoms with E-state index < -0.39 is 0 Å². The first-order valence-corrected chi connectivity index (χ1v) is 6.57. The van der Waals surface area contributed by atoms with E-state index in [0.717, 1.165) is 25.8 Å². The summed E-state index contributed by atoms with van der Waals surface area (Å²) in [7, 11) is 1.84. The number of aliphatic hydroxyl groups is 1. The van der Waals surface area contributed by atoms with E-state index in [1.165, 1.54) is 32.1 Å². The fraction of sp³-hybridized carbons (Fsp3) is 0.923. The minimum absolute atomic E-state index is 0.292. The molecule has 1 N–H and O–H groups in total. The van der Waals surface area contributed by atoms with E-state index >= 15 is 0 Å². The van der Waals surface area contributed by atoms with Crippen LogP contribution < -0.4 is 0 Å². The summed E-state index contributed by atoms with van der Waals surface area (Å²) in [5, 5.41) is 8.42. The molecule has 0 aromatic carbocycles. The van der Waals surface area contributed by atoms with Gasteiger partial charge in [-0.15, -0.1) is 0 Å². The van der Waals surface area contributed by atoms with Crippen molar-refractivity contribution in [3.63, 3.8) is 0 Å². The summed E-state index contributed by atoms with van der Waals surface area (Å²) < 4.78 is 0. The van der Waals surface area contributed by atoms with Gasteiger partial charge < -0.3 is 10.0 Å². The Morgan fingerprint density at radius 1 is 1.19 bits per heavy atom. The van der Waals surface area contributed by atoms with E-state index in [1.807, 2.05) is 7.05 Å². The molecule has 0 bridgehead atoms. The lowest BCUT2D eigenvalue weighted by molar-refractivity contribution is -0.126. The van der Waals surface area contributed by atoms with Gasteiger partial charge in [-0.3, -0.25) is 4.79 Å². The van der Waals surface area contributed by atoms with E-state index in [0.29, 0.717) is 12.5 Å². The minimum atomic E-state index is 0.292. The van der Waals surface area contributed by atoms with Crippen molar-refractivity contribution in [3.8, 4) is 0 Å². The van der Waals surface area contributed by atoms with Crippen LogP contribution in [0.4, 0.5) is 0 Å². The summed E-state index contributed by atoms with van der Waals surface area (Å²) in [4.78, 5) is 12.3. The summed E-state index contributed by atoms with van der Waals surface area (Å²) in [6, 6.07) is 0. The van der Waals surface area contributed by atoms with Crippen LogP contribution in [0.5, 0.6) is 0 Å². The minimum Gasteiger partial charge on any atom is -0.396 e. The molecule has 1 heterocycles. The van der Waals surface area contributed by atoms with Gasteiger partial charge >= 0.3 is 0 Å². The topological polar surface area (TPSA) is 40.5 Å². The molecular formula is C13H27NO2. The zero-order valence-corrected chi connectivity index (χ0v) is 10.9. The lowest BCUT2D eigenvalue weighted by Crippen LogP contribution is -2.17. The second-order valence-corrected chi connectivity index (χ2v) is 4.41. The maximum Gasteiger partial charge on any atom is 0.222 e. The number of hydrogen-bond acceptors (Lipinski definition) is 2. The largest absolute Gasteiger partial charge is 0.396 e. The predicted molar refractivity (Wildman–Crippen MR) is 67.3 cm³/mol. The Bertz CT molecular complexity index is 165. The number of rotatable bonds is 6. The van der Waals surface area contributed by atoms with Gasteiger partial charge in [0.2, 0.25) is 5.91 Å². The second kappa shape index (κ2) is 10.9. The number of carbonyl (C=O) groups is 1. The van der Waals surface area contributed by atoms with Gasteiger partial charge in [-0.25, -0.2) is 0 Å². The van der Waals surface area contributed by atoms with Crippen LogP contribution >= 0.6 is 0 Å². The lowest BCUT2D eigenvalue weighted by Gasteiger charge is -2.03. The lowest BCUT2D eigenvalue weighted by atomic mass is 10.1. The number of likely N-dealkylation sites (tertiary alicyclic amines) is 1. The van der Waals surface area contributed by atoms with Crippen molar-refractivity contribution in [1.82, 2.24) is 4.90 Å². The second-order valence-electron chi connectivity index (χ2n) is 4.41. The maximum absolute atomic E-state index is 10.5. The molecule has 3 nitrogen and oxygen atoms in total. The van der Waals surface area contributed by atoms with Crippen molar-refractivity contribution in [3.05, 3.63) is 0 Å². The van der Waals surface area contributed by atoms with Crippen LogP contribution in [0, 0.1) is 0 Å². The van der Waals surface area contributed by atoms with Crippen LogP contribution in [0.1, 0.15) is 58.3 Å². The monoisotopic (exact) mass is 229 g/mol. The average molecular weight is 229 g/mol. The Balaban J connectivity index is 0.000000288. The molecule has 1 aliphatic heterocycles. The molecule has 1 rings (SSSR count). The Labute approximate surface area is 99.8 Å². The SMILES string of the molecule is CCCCCCCCO.CN1CCCC1=O. The van der Waals surface area contributed by atoms with Gasteiger partial charge in [0.1, 0.15) is 0 Å². The molecule has 96 valence electrons. The van der Waals surface area contributed by atoms with Crippen molar-refractivity contribution in [2.45, 2.75) is 58.3 Å². The van der Waals surface area contributed by atoms with Gasteiger partial charge in [-0.05, 0) is 12.8 Å². The number of unbranched alkanes of at least 4 members (excludes halogenated alkanes) is 5. The summed E-state index contributed by atoms with van der Waals surface area (Å²) in [6.45, 7) is 3.54. The first-order chi connectivity index (χ1) is 7.72. The van der Waals surface area contributed by atoms with E-state index in [4.69, 9.17) is 5.11 Å². The van der Waals surface area contributed by atoms with E-state index in [-0.39, 0.29) is 0 Å². The predicted octanol–water partition coefficient (Wildman–Crippen LogP) is 2.58. The van der Waals surface area contributed by atoms with Crippen LogP contribution in [-0.2, 0) is 4.79 Å². The van der Waals surface area contributed by atoms with Crippen LogP contribution in [0.3, 0.4) is 0 Å². The zero-order valence-electron chi connectivity index (χ0n) is 10.9. The molecule has 3 heteroatoms. The molecular weight excluding hydrogens is 202 g/mol. The number of aliphatic hydroxyl groups excluding tert-OH is 1. The fourth-order valence-electron chi connectivity index (χ4n) is 1.68. The van der Waals surface area contributed by atoms with E-state index in [1.54, 1.807) is 4.90 Å². The molecule has 1 fully saturated rings. The van der Waals surface area contributed by atoms with Crippen molar-refractivity contribution >= 4 is 5.91 Å². The normalized spacial score (nSPS) is 14.9. The molecule has 0 unspecified atom stereocenters. The molecule has 16 heavy (non-hydrogen) atoms. The van der Waals surface area contributed by atoms with Gasteiger partial charge in [-0.2, -0.15) is 0 Å². The molecule has 0 radical (unpaired) electrons. The Morgan fingerprint density at radius 2 is 1.81 bits per heavy atom. The number of nitrogens with zero attached hydrogens (tertiary/aromatic N) is 1. The van der Waals surface area contributed by atoms with Crippen molar-refractivity contribution in [2.24, 2.45) is 0 Å². The third kappa shape index (κ3) is 8.72. The highest BCUT2D eigenvalue weighted by Gasteiger charge is 2.14. The van der Waals surface area contributed by atoms with Gasteiger partial charge in [0.25, 0.3) is 0 Å². The van der Waals surface area contributed by atoms with Gasteiger partial charge in [0.05, 0.1) is 0 Å². The summed E-state index contributed by atoms with van der Waals surface area (Å²) in [5.74, 6) is 0.292. The Morgan fingerprint density at radius 3 is 2.19 bits per heavy atom. The third-order valence-corrected chi connectivity index (χ3v) is 2.82. The highest BCUT2D eigenvalue weighted by molar-refractivity contribution is 5.77. The zero-order chi connectivity index (χ0) is 12.2. The van der Waals surface area contributed by atoms with Crippen LogP contribution in [0.2, 0.25) is 0 Å². The Kier molecular flexibility index (Phi) is 10.5. The number of carbonyl (C=O) groups excluding carboxylic acids is 1. The molecule has 0 aromatic heterocycles. The molecule has 0 spiro atoms. The van der Waals surface area contributed by atoms with Crippen LogP contribution in [-0.4, -0.2) is 36.1 Å². The molecule has 0 aliphatic carbocycles. The third-order valence-electron chi connectivity index (χ3n) is 2.82. The highest BCUT2D eigenvalue weighted by atomic mass is 16.2. The standard InChI is InChI=1S/C8H18O.C5H9NO/c1-2-3-4-5-6-7-8-9;1-6-4-2-3-5(6)7/h9H,2-8H2,1H3;2-4H2,1H3. The molecule has 0 saturated carbocycles. The molecule has 0 aromatic rings. The summed E-state index contributed by atoms with van der Waals surface area (Å²) in [6.07, 6.45) is 9.31. The first-order valence-electron chi connectivity index (χ1n) is 6.57. The molecule has 1 amide bonds. The molecule has 0 atom stereocenters. The first kappa shape index (κ1) is 15.4. The average Bonchev–Trinajstić information content (AvgIpc) is 2.64. The van der Waals surface area contributed by atoms with Gasteiger partial charge in [0, 0.05) is 26.6 Å². The number of hydrogen-bond donors (Lipinski definition) is 1. The highest BCUT2D eigenvalue weighted by Crippen LogP contribution is 2.05.